The maximum absolute atomic E-state index is 13.9. The molecule has 2 rings (SSSR count). The fraction of sp³-hybridized carbons (Fsp3) is 0.500. The molecule has 0 amide bonds. The van der Waals surface area contributed by atoms with Crippen molar-refractivity contribution >= 4 is 34.0 Å². The zero-order chi connectivity index (χ0) is 14.0. The molecule has 0 spiro atoms. The highest BCUT2D eigenvalue weighted by atomic mass is 35.5. The van der Waals surface area contributed by atoms with Gasteiger partial charge in [-0.25, -0.2) is 12.8 Å². The zero-order valence-electron chi connectivity index (χ0n) is 11.0. The largest absolute Gasteiger partial charge is 0.317 e. The van der Waals surface area contributed by atoms with Crippen LogP contribution in [-0.4, -0.2) is 38.9 Å². The summed E-state index contributed by atoms with van der Waals surface area (Å²) in [5.74, 6) is -0.884. The predicted octanol–water partition coefficient (Wildman–Crippen LogP) is 2.27. The third-order valence-electron chi connectivity index (χ3n) is 3.40. The summed E-state index contributed by atoms with van der Waals surface area (Å²) in [7, 11) is -2.35. The molecule has 1 aromatic rings. The molecule has 8 heteroatoms. The van der Waals surface area contributed by atoms with Crippen LogP contribution in [0.25, 0.3) is 0 Å². The smallest absolute Gasteiger partial charge is 0.246 e. The van der Waals surface area contributed by atoms with Crippen molar-refractivity contribution in [3.8, 4) is 0 Å². The van der Waals surface area contributed by atoms with Crippen LogP contribution in [0.15, 0.2) is 23.1 Å². The lowest BCUT2D eigenvalue weighted by atomic mass is 10.1. The van der Waals surface area contributed by atoms with Gasteiger partial charge in [0, 0.05) is 13.1 Å². The van der Waals surface area contributed by atoms with Crippen LogP contribution < -0.4 is 5.32 Å². The van der Waals surface area contributed by atoms with Crippen LogP contribution in [0.1, 0.15) is 12.8 Å². The second-order valence-corrected chi connectivity index (χ2v) is 6.93. The molecule has 0 aromatic heterocycles. The lowest BCUT2D eigenvalue weighted by Gasteiger charge is -2.30. The third kappa shape index (κ3) is 3.43. The number of sulfonamides is 1. The van der Waals surface area contributed by atoms with Crippen LogP contribution in [0, 0.1) is 5.82 Å². The van der Waals surface area contributed by atoms with E-state index in [2.05, 4.69) is 5.32 Å². The SMILES string of the molecule is CN(C1CCNCC1)S(=O)(=O)c1cccc(Cl)c1F.Cl. The number of nitrogens with zero attached hydrogens (tertiary/aromatic N) is 1. The van der Waals surface area contributed by atoms with E-state index in [0.717, 1.165) is 25.9 Å². The molecule has 1 aromatic carbocycles. The third-order valence-corrected chi connectivity index (χ3v) is 5.62. The molecule has 0 aliphatic carbocycles. The first-order chi connectivity index (χ1) is 8.94. The van der Waals surface area contributed by atoms with Crippen molar-refractivity contribution in [3.05, 3.63) is 29.0 Å². The number of hydrogen-bond donors (Lipinski definition) is 1. The van der Waals surface area contributed by atoms with E-state index in [1.165, 1.54) is 29.6 Å². The van der Waals surface area contributed by atoms with Crippen LogP contribution >= 0.6 is 24.0 Å². The maximum atomic E-state index is 13.9. The molecule has 1 fully saturated rings. The Morgan fingerprint density at radius 1 is 1.35 bits per heavy atom. The summed E-state index contributed by atoms with van der Waals surface area (Å²) in [6.07, 6.45) is 1.44. The van der Waals surface area contributed by atoms with Gasteiger partial charge in [0.25, 0.3) is 0 Å². The second-order valence-electron chi connectivity index (χ2n) is 4.55. The Kier molecular flexibility index (Phi) is 6.22. The van der Waals surface area contributed by atoms with Crippen molar-refractivity contribution in [2.75, 3.05) is 20.1 Å². The van der Waals surface area contributed by atoms with Crippen LogP contribution in [0.3, 0.4) is 0 Å². The fourth-order valence-electron chi connectivity index (χ4n) is 2.20. The van der Waals surface area contributed by atoms with Crippen LogP contribution in [0.4, 0.5) is 4.39 Å². The Morgan fingerprint density at radius 2 is 1.95 bits per heavy atom. The Hall–Kier alpha value is -0.400. The van der Waals surface area contributed by atoms with Crippen molar-refractivity contribution in [1.29, 1.82) is 0 Å². The van der Waals surface area contributed by atoms with E-state index in [4.69, 9.17) is 11.6 Å². The predicted molar refractivity (Wildman–Crippen MR) is 79.5 cm³/mol. The zero-order valence-corrected chi connectivity index (χ0v) is 13.4. The lowest BCUT2D eigenvalue weighted by Crippen LogP contribution is -2.44. The van der Waals surface area contributed by atoms with Crippen LogP contribution in [0.2, 0.25) is 5.02 Å². The van der Waals surface area contributed by atoms with E-state index in [1.54, 1.807) is 0 Å². The van der Waals surface area contributed by atoms with Gasteiger partial charge in [-0.1, -0.05) is 17.7 Å². The normalized spacial score (nSPS) is 17.0. The average molecular weight is 343 g/mol. The average Bonchev–Trinajstić information content (AvgIpc) is 2.41. The minimum absolute atomic E-state index is 0. The van der Waals surface area contributed by atoms with Crippen LogP contribution in [0.5, 0.6) is 0 Å². The number of benzene rings is 1. The van der Waals surface area contributed by atoms with E-state index >= 15 is 0 Å². The Morgan fingerprint density at radius 3 is 2.55 bits per heavy atom. The first kappa shape index (κ1) is 17.7. The van der Waals surface area contributed by atoms with Crippen molar-refractivity contribution in [1.82, 2.24) is 9.62 Å². The molecule has 0 unspecified atom stereocenters. The lowest BCUT2D eigenvalue weighted by molar-refractivity contribution is 0.295. The van der Waals surface area contributed by atoms with Gasteiger partial charge in [-0.2, -0.15) is 4.31 Å². The topological polar surface area (TPSA) is 49.4 Å². The number of hydrogen-bond acceptors (Lipinski definition) is 3. The molecule has 1 saturated heterocycles. The summed E-state index contributed by atoms with van der Waals surface area (Å²) in [5.41, 5.74) is 0. The molecule has 0 atom stereocenters. The van der Waals surface area contributed by atoms with E-state index in [-0.39, 0.29) is 28.4 Å². The van der Waals surface area contributed by atoms with E-state index in [9.17, 15) is 12.8 Å². The molecule has 0 radical (unpaired) electrons. The highest BCUT2D eigenvalue weighted by molar-refractivity contribution is 7.89. The van der Waals surface area contributed by atoms with E-state index < -0.39 is 15.8 Å². The highest BCUT2D eigenvalue weighted by Crippen LogP contribution is 2.26. The summed E-state index contributed by atoms with van der Waals surface area (Å²) in [4.78, 5) is -0.360. The van der Waals surface area contributed by atoms with Gasteiger partial charge in [-0.3, -0.25) is 0 Å². The molecule has 1 N–H and O–H groups in total. The Balaban J connectivity index is 0.00000200. The van der Waals surface area contributed by atoms with Crippen molar-refractivity contribution < 1.29 is 12.8 Å². The molecule has 0 bridgehead atoms. The number of piperidine rings is 1. The van der Waals surface area contributed by atoms with Crippen molar-refractivity contribution in [2.24, 2.45) is 0 Å². The molecule has 1 heterocycles. The standard InChI is InChI=1S/C12H16ClFN2O2S.ClH/c1-16(9-5-7-15-8-6-9)19(17,18)11-4-2-3-10(13)12(11)14;/h2-4,9,15H,5-8H2,1H3;1H. The van der Waals surface area contributed by atoms with Gasteiger partial charge >= 0.3 is 0 Å². The molecule has 1 aliphatic rings. The molecule has 0 saturated carbocycles. The van der Waals surface area contributed by atoms with E-state index in [1.807, 2.05) is 0 Å². The van der Waals surface area contributed by atoms with Crippen LogP contribution in [-0.2, 0) is 10.0 Å². The number of halogens is 3. The summed E-state index contributed by atoms with van der Waals surface area (Å²) in [6, 6.07) is 3.91. The fourth-order valence-corrected chi connectivity index (χ4v) is 3.94. The first-order valence-electron chi connectivity index (χ1n) is 6.07. The molecule has 1 aliphatic heterocycles. The summed E-state index contributed by atoms with van der Waals surface area (Å²) in [5, 5.41) is 2.98. The van der Waals surface area contributed by atoms with Crippen molar-refractivity contribution in [2.45, 2.75) is 23.8 Å². The minimum atomic E-state index is -3.85. The molecule has 20 heavy (non-hydrogen) atoms. The molecular formula is C12H17Cl2FN2O2S. The highest BCUT2D eigenvalue weighted by Gasteiger charge is 2.31. The van der Waals surface area contributed by atoms with Crippen molar-refractivity contribution in [3.63, 3.8) is 0 Å². The first-order valence-corrected chi connectivity index (χ1v) is 7.89. The molecular weight excluding hydrogens is 326 g/mol. The van der Waals surface area contributed by atoms with Gasteiger partial charge < -0.3 is 5.32 Å². The van der Waals surface area contributed by atoms with Gasteiger partial charge in [-0.15, -0.1) is 12.4 Å². The maximum Gasteiger partial charge on any atom is 0.246 e. The molecule has 4 nitrogen and oxygen atoms in total. The monoisotopic (exact) mass is 342 g/mol. The van der Waals surface area contributed by atoms with Gasteiger partial charge in [0.1, 0.15) is 4.90 Å². The summed E-state index contributed by atoms with van der Waals surface area (Å²) >= 11 is 5.64. The number of rotatable bonds is 3. The minimum Gasteiger partial charge on any atom is -0.317 e. The summed E-state index contributed by atoms with van der Waals surface area (Å²) < 4.78 is 39.9. The second kappa shape index (κ2) is 7.04. The Bertz CT molecular complexity index is 563. The van der Waals surface area contributed by atoms with Gasteiger partial charge in [0.2, 0.25) is 10.0 Å². The van der Waals surface area contributed by atoms with E-state index in [0.29, 0.717) is 0 Å². The molecule has 114 valence electrons. The summed E-state index contributed by atoms with van der Waals surface area (Å²) in [6.45, 7) is 1.53. The number of nitrogens with one attached hydrogen (secondary N) is 1. The van der Waals surface area contributed by atoms with Gasteiger partial charge in [-0.05, 0) is 38.1 Å². The van der Waals surface area contributed by atoms with Gasteiger partial charge in [0.05, 0.1) is 5.02 Å². The quantitative estimate of drug-likeness (QED) is 0.916. The van der Waals surface area contributed by atoms with Gasteiger partial charge in [0.15, 0.2) is 5.82 Å². The Labute approximate surface area is 129 Å².